The molecule has 4 nitrogen and oxygen atoms in total. The normalized spacial score (nSPS) is 21.5. The molecule has 2 aliphatic heterocycles. The van der Waals surface area contributed by atoms with Crippen molar-refractivity contribution in [2.75, 3.05) is 24.6 Å². The molecule has 190 valence electrons. The van der Waals surface area contributed by atoms with E-state index in [1.807, 2.05) is 35.7 Å². The molecule has 2 heterocycles. The molecule has 6 heteroatoms. The van der Waals surface area contributed by atoms with Crippen LogP contribution in [0.1, 0.15) is 23.2 Å². The minimum atomic E-state index is 0.295. The first-order chi connectivity index (χ1) is 18.8. The quantitative estimate of drug-likeness (QED) is 0.241. The minimum Gasteiger partial charge on any atom is -0.342 e. The summed E-state index contributed by atoms with van der Waals surface area (Å²) in [6, 6.07) is 42.9. The van der Waals surface area contributed by atoms with Crippen molar-refractivity contribution in [1.29, 1.82) is 0 Å². The molecule has 0 bridgehead atoms. The fourth-order valence-corrected chi connectivity index (χ4v) is 7.43. The summed E-state index contributed by atoms with van der Waals surface area (Å²) in [5, 5.41) is 2.18. The second kappa shape index (κ2) is 11.9. The maximum Gasteiger partial charge on any atom is 0.165 e. The number of benzene rings is 4. The van der Waals surface area contributed by atoms with Gasteiger partial charge in [-0.15, -0.1) is 0 Å². The molecule has 2 atom stereocenters. The van der Waals surface area contributed by atoms with Gasteiger partial charge < -0.3 is 9.80 Å². The summed E-state index contributed by atoms with van der Waals surface area (Å²) in [4.78, 5) is 15.1. The van der Waals surface area contributed by atoms with Crippen molar-refractivity contribution in [2.45, 2.75) is 12.1 Å². The van der Waals surface area contributed by atoms with Gasteiger partial charge in [-0.05, 0) is 35.4 Å². The molecule has 0 amide bonds. The second-order valence-electron chi connectivity index (χ2n) is 9.32. The van der Waals surface area contributed by atoms with E-state index >= 15 is 0 Å². The van der Waals surface area contributed by atoms with Crippen molar-refractivity contribution in [3.8, 4) is 0 Å². The van der Waals surface area contributed by atoms with Crippen molar-refractivity contribution in [1.82, 2.24) is 9.80 Å². The molecule has 0 saturated carbocycles. The average molecular weight is 535 g/mol. The SMILES string of the molecule is c1ccc(N=C2SCC(c3ccccc3)N2CCN2C(=Nc3ccccc3)SCC2c2ccccc2)cc1. The molecule has 4 aromatic carbocycles. The summed E-state index contributed by atoms with van der Waals surface area (Å²) in [7, 11) is 0. The summed E-state index contributed by atoms with van der Waals surface area (Å²) in [6.07, 6.45) is 0. The van der Waals surface area contributed by atoms with Crippen LogP contribution in [0.5, 0.6) is 0 Å². The van der Waals surface area contributed by atoms with E-state index in [0.29, 0.717) is 12.1 Å². The van der Waals surface area contributed by atoms with Gasteiger partial charge in [0.05, 0.1) is 23.5 Å². The summed E-state index contributed by atoms with van der Waals surface area (Å²) in [6.45, 7) is 1.74. The highest BCUT2D eigenvalue weighted by atomic mass is 32.2. The molecular formula is C32H30N4S2. The zero-order valence-electron chi connectivity index (χ0n) is 21.1. The number of aliphatic imine (C=N–C) groups is 2. The Labute approximate surface area is 233 Å². The van der Waals surface area contributed by atoms with E-state index in [9.17, 15) is 0 Å². The van der Waals surface area contributed by atoms with Gasteiger partial charge in [-0.25, -0.2) is 9.98 Å². The lowest BCUT2D eigenvalue weighted by Gasteiger charge is -2.32. The van der Waals surface area contributed by atoms with E-state index in [2.05, 4.69) is 119 Å². The average Bonchev–Trinajstić information content (AvgIpc) is 3.57. The molecule has 2 fully saturated rings. The Kier molecular flexibility index (Phi) is 7.79. The van der Waals surface area contributed by atoms with Crippen molar-refractivity contribution < 1.29 is 0 Å². The van der Waals surface area contributed by atoms with Gasteiger partial charge in [0.2, 0.25) is 0 Å². The highest BCUT2D eigenvalue weighted by molar-refractivity contribution is 8.14. The minimum absolute atomic E-state index is 0.295. The van der Waals surface area contributed by atoms with Gasteiger partial charge in [-0.2, -0.15) is 0 Å². The molecule has 0 radical (unpaired) electrons. The van der Waals surface area contributed by atoms with E-state index in [-0.39, 0.29) is 0 Å². The van der Waals surface area contributed by atoms with Crippen LogP contribution in [-0.4, -0.2) is 44.7 Å². The predicted octanol–water partition coefficient (Wildman–Crippen LogP) is 7.94. The maximum atomic E-state index is 5.08. The van der Waals surface area contributed by atoms with Gasteiger partial charge in [0.25, 0.3) is 0 Å². The molecule has 2 saturated heterocycles. The molecule has 0 N–H and O–H groups in total. The monoisotopic (exact) mass is 534 g/mol. The fraction of sp³-hybridized carbons (Fsp3) is 0.188. The van der Waals surface area contributed by atoms with Crippen molar-refractivity contribution >= 4 is 45.2 Å². The van der Waals surface area contributed by atoms with Gasteiger partial charge in [-0.1, -0.05) is 121 Å². The number of nitrogens with zero attached hydrogens (tertiary/aromatic N) is 4. The lowest BCUT2D eigenvalue weighted by molar-refractivity contribution is 0.283. The topological polar surface area (TPSA) is 31.2 Å². The smallest absolute Gasteiger partial charge is 0.165 e. The lowest BCUT2D eigenvalue weighted by Crippen LogP contribution is -2.38. The van der Waals surface area contributed by atoms with Crippen LogP contribution in [0.4, 0.5) is 11.4 Å². The van der Waals surface area contributed by atoms with Crippen LogP contribution in [0.15, 0.2) is 131 Å². The zero-order valence-corrected chi connectivity index (χ0v) is 22.8. The van der Waals surface area contributed by atoms with E-state index in [0.717, 1.165) is 46.3 Å². The van der Waals surface area contributed by atoms with Crippen LogP contribution in [0, 0.1) is 0 Å². The molecule has 38 heavy (non-hydrogen) atoms. The van der Waals surface area contributed by atoms with Gasteiger partial charge in [-0.3, -0.25) is 0 Å². The van der Waals surface area contributed by atoms with Crippen LogP contribution in [0.3, 0.4) is 0 Å². The third-order valence-corrected chi connectivity index (χ3v) is 9.03. The largest absolute Gasteiger partial charge is 0.342 e. The number of hydrogen-bond donors (Lipinski definition) is 0. The van der Waals surface area contributed by atoms with Gasteiger partial charge >= 0.3 is 0 Å². The van der Waals surface area contributed by atoms with Gasteiger partial charge in [0.15, 0.2) is 10.3 Å². The number of amidine groups is 2. The highest BCUT2D eigenvalue weighted by Crippen LogP contribution is 2.39. The molecule has 6 rings (SSSR count). The molecule has 0 spiro atoms. The van der Waals surface area contributed by atoms with Crippen molar-refractivity contribution in [3.63, 3.8) is 0 Å². The second-order valence-corrected chi connectivity index (χ2v) is 11.3. The molecule has 2 unspecified atom stereocenters. The Morgan fingerprint density at radius 1 is 0.500 bits per heavy atom. The molecule has 0 aromatic heterocycles. The Bertz CT molecular complexity index is 1270. The number of para-hydroxylation sites is 2. The Morgan fingerprint density at radius 2 is 0.842 bits per heavy atom. The van der Waals surface area contributed by atoms with Crippen LogP contribution in [0.2, 0.25) is 0 Å². The van der Waals surface area contributed by atoms with Crippen LogP contribution >= 0.6 is 23.5 Å². The van der Waals surface area contributed by atoms with Crippen molar-refractivity contribution in [2.24, 2.45) is 9.98 Å². The third kappa shape index (κ3) is 5.66. The summed E-state index contributed by atoms with van der Waals surface area (Å²) >= 11 is 3.71. The highest BCUT2D eigenvalue weighted by Gasteiger charge is 2.35. The zero-order chi connectivity index (χ0) is 25.6. The lowest BCUT2D eigenvalue weighted by atomic mass is 10.1. The summed E-state index contributed by atoms with van der Waals surface area (Å²) in [5.41, 5.74) is 4.68. The van der Waals surface area contributed by atoms with Crippen LogP contribution in [0.25, 0.3) is 0 Å². The predicted molar refractivity (Wildman–Crippen MR) is 164 cm³/mol. The number of rotatable bonds is 7. The van der Waals surface area contributed by atoms with Gasteiger partial charge in [0, 0.05) is 24.6 Å². The Morgan fingerprint density at radius 3 is 1.21 bits per heavy atom. The standard InChI is InChI=1S/C32H30N4S2/c1-5-13-25(14-6-1)29-23-37-31(33-27-17-9-3-10-18-27)35(29)21-22-36-30(26-15-7-2-8-16-26)24-38-32(36)34-28-19-11-4-12-20-28/h1-20,29-30H,21-24H2. The first-order valence-electron chi connectivity index (χ1n) is 13.0. The summed E-state index contributed by atoms with van der Waals surface area (Å²) < 4.78 is 0. The van der Waals surface area contributed by atoms with Crippen LogP contribution < -0.4 is 0 Å². The van der Waals surface area contributed by atoms with E-state index in [1.54, 1.807) is 0 Å². The maximum absolute atomic E-state index is 5.08. The number of thioether (sulfide) groups is 2. The fourth-order valence-electron chi connectivity index (χ4n) is 4.96. The van der Waals surface area contributed by atoms with Crippen LogP contribution in [-0.2, 0) is 0 Å². The Hall–Kier alpha value is -3.48. The summed E-state index contributed by atoms with van der Waals surface area (Å²) in [5.74, 6) is 2.00. The molecule has 0 aliphatic carbocycles. The first kappa shape index (κ1) is 24.8. The molecule has 2 aliphatic rings. The van der Waals surface area contributed by atoms with Gasteiger partial charge in [0.1, 0.15) is 0 Å². The van der Waals surface area contributed by atoms with Crippen molar-refractivity contribution in [3.05, 3.63) is 132 Å². The Balaban J connectivity index is 1.31. The molecule has 4 aromatic rings. The van der Waals surface area contributed by atoms with E-state index in [4.69, 9.17) is 9.98 Å². The van der Waals surface area contributed by atoms with E-state index in [1.165, 1.54) is 11.1 Å². The first-order valence-corrected chi connectivity index (χ1v) is 15.0. The third-order valence-electron chi connectivity index (χ3n) is 6.90. The molecular weight excluding hydrogens is 505 g/mol. The number of hydrogen-bond acceptors (Lipinski definition) is 4. The van der Waals surface area contributed by atoms with E-state index < -0.39 is 0 Å².